The van der Waals surface area contributed by atoms with Crippen LogP contribution in [0.3, 0.4) is 0 Å². The third-order valence-electron chi connectivity index (χ3n) is 3.89. The van der Waals surface area contributed by atoms with Crippen molar-refractivity contribution in [2.24, 2.45) is 15.3 Å². The van der Waals surface area contributed by atoms with Crippen LogP contribution in [0.5, 0.6) is 5.75 Å². The summed E-state index contributed by atoms with van der Waals surface area (Å²) in [6, 6.07) is 10.8. The van der Waals surface area contributed by atoms with E-state index in [0.29, 0.717) is 25.1 Å². The van der Waals surface area contributed by atoms with E-state index in [4.69, 9.17) is 10.6 Å². The average Bonchev–Trinajstić information content (AvgIpc) is 2.71. The lowest BCUT2D eigenvalue weighted by atomic mass is 10.1. The fourth-order valence-electron chi connectivity index (χ4n) is 2.38. The van der Waals surface area contributed by atoms with Crippen LogP contribution in [0.4, 0.5) is 11.4 Å². The van der Waals surface area contributed by atoms with E-state index < -0.39 is 5.97 Å². The first kappa shape index (κ1) is 21.4. The summed E-state index contributed by atoms with van der Waals surface area (Å²) in [7, 11) is 0. The average molecular weight is 396 g/mol. The SMILES string of the molecule is [N-]=[N+]=NCCCC(=O)NCCc1ccc(/N=N/c2ccc(C(=O)O)cc2)c(O)c1. The molecule has 2 aromatic rings. The number of carboxylic acid groups (broad SMARTS) is 1. The van der Waals surface area contributed by atoms with Gasteiger partial charge in [0.15, 0.2) is 0 Å². The number of rotatable bonds is 10. The van der Waals surface area contributed by atoms with Gasteiger partial charge in [-0.05, 0) is 60.3 Å². The third-order valence-corrected chi connectivity index (χ3v) is 3.89. The number of phenolic OH excluding ortho intramolecular Hbond substituents is 1. The molecule has 2 aromatic carbocycles. The van der Waals surface area contributed by atoms with Crippen molar-refractivity contribution >= 4 is 23.3 Å². The van der Waals surface area contributed by atoms with Crippen LogP contribution in [-0.2, 0) is 11.2 Å². The van der Waals surface area contributed by atoms with Crippen LogP contribution >= 0.6 is 0 Å². The molecule has 0 heterocycles. The predicted octanol–water partition coefficient (Wildman–Crippen LogP) is 4.26. The second kappa shape index (κ2) is 11.1. The number of nitrogens with one attached hydrogen (secondary N) is 1. The van der Waals surface area contributed by atoms with Gasteiger partial charge >= 0.3 is 5.97 Å². The summed E-state index contributed by atoms with van der Waals surface area (Å²) >= 11 is 0. The number of azo groups is 1. The number of carbonyl (C=O) groups is 2. The predicted molar refractivity (Wildman–Crippen MR) is 106 cm³/mol. The van der Waals surface area contributed by atoms with Crippen LogP contribution in [0, 0.1) is 0 Å². The van der Waals surface area contributed by atoms with Gasteiger partial charge in [-0.25, -0.2) is 4.79 Å². The Hall–Kier alpha value is -3.91. The Labute approximate surface area is 166 Å². The lowest BCUT2D eigenvalue weighted by molar-refractivity contribution is -0.121. The number of amides is 1. The van der Waals surface area contributed by atoms with Gasteiger partial charge in [-0.2, -0.15) is 5.11 Å². The molecule has 29 heavy (non-hydrogen) atoms. The molecule has 10 nitrogen and oxygen atoms in total. The Morgan fingerprint density at radius 3 is 2.52 bits per heavy atom. The summed E-state index contributed by atoms with van der Waals surface area (Å²) in [5.74, 6) is -1.19. The molecule has 10 heteroatoms. The number of hydrogen-bond donors (Lipinski definition) is 3. The fourth-order valence-corrected chi connectivity index (χ4v) is 2.38. The van der Waals surface area contributed by atoms with Gasteiger partial charge < -0.3 is 15.5 Å². The van der Waals surface area contributed by atoms with Crippen molar-refractivity contribution in [3.05, 3.63) is 64.0 Å². The van der Waals surface area contributed by atoms with Gasteiger partial charge in [0.25, 0.3) is 0 Å². The van der Waals surface area contributed by atoms with Crippen LogP contribution in [0.2, 0.25) is 0 Å². The quantitative estimate of drug-likeness (QED) is 0.237. The maximum Gasteiger partial charge on any atom is 0.335 e. The first-order valence-electron chi connectivity index (χ1n) is 8.84. The summed E-state index contributed by atoms with van der Waals surface area (Å²) in [6.45, 7) is 0.702. The van der Waals surface area contributed by atoms with Crippen LogP contribution < -0.4 is 5.32 Å². The molecule has 0 unspecified atom stereocenters. The summed E-state index contributed by atoms with van der Waals surface area (Å²) in [5.41, 5.74) is 9.87. The molecule has 0 bridgehead atoms. The highest BCUT2D eigenvalue weighted by molar-refractivity contribution is 5.87. The maximum absolute atomic E-state index is 11.6. The molecule has 150 valence electrons. The molecule has 1 amide bonds. The lowest BCUT2D eigenvalue weighted by Crippen LogP contribution is -2.25. The van der Waals surface area contributed by atoms with Crippen LogP contribution in [0.25, 0.3) is 10.4 Å². The smallest absolute Gasteiger partial charge is 0.335 e. The standard InChI is InChI=1S/C19H20N6O4/c20-25-22-10-1-2-18(27)21-11-9-13-3-8-16(17(26)12-13)24-23-15-6-4-14(5-7-15)19(28)29/h3-8,12,26H,1-2,9-11H2,(H,21,27)(H,28,29)/b24-23+. The second-order valence-electron chi connectivity index (χ2n) is 6.03. The largest absolute Gasteiger partial charge is 0.506 e. The minimum Gasteiger partial charge on any atom is -0.506 e. The number of aromatic hydroxyl groups is 1. The minimum atomic E-state index is -1.02. The minimum absolute atomic E-state index is 0.0471. The number of carbonyl (C=O) groups excluding carboxylic acids is 1. The molecule has 0 aliphatic rings. The van der Waals surface area contributed by atoms with Gasteiger partial charge in [0.2, 0.25) is 5.91 Å². The molecule has 0 saturated carbocycles. The van der Waals surface area contributed by atoms with Crippen molar-refractivity contribution in [2.45, 2.75) is 19.3 Å². The summed E-state index contributed by atoms with van der Waals surface area (Å²) in [4.78, 5) is 25.1. The lowest BCUT2D eigenvalue weighted by Gasteiger charge is -2.06. The van der Waals surface area contributed by atoms with Crippen molar-refractivity contribution in [1.29, 1.82) is 0 Å². The molecule has 0 saturated heterocycles. The molecular formula is C19H20N6O4. The Bertz CT molecular complexity index is 936. The van der Waals surface area contributed by atoms with Gasteiger partial charge in [0.05, 0.1) is 11.3 Å². The van der Waals surface area contributed by atoms with Gasteiger partial charge in [0, 0.05) is 24.4 Å². The highest BCUT2D eigenvalue weighted by Gasteiger charge is 2.05. The fraction of sp³-hybridized carbons (Fsp3) is 0.263. The molecule has 0 radical (unpaired) electrons. The molecule has 0 aromatic heterocycles. The molecule has 2 rings (SSSR count). The summed E-state index contributed by atoms with van der Waals surface area (Å²) in [6.07, 6.45) is 1.32. The second-order valence-corrected chi connectivity index (χ2v) is 6.03. The Morgan fingerprint density at radius 1 is 1.10 bits per heavy atom. The molecule has 0 aliphatic carbocycles. The van der Waals surface area contributed by atoms with E-state index in [1.165, 1.54) is 24.3 Å². The number of phenols is 1. The molecule has 0 fully saturated rings. The number of nitrogens with zero attached hydrogens (tertiary/aromatic N) is 5. The van der Waals surface area contributed by atoms with E-state index >= 15 is 0 Å². The van der Waals surface area contributed by atoms with Gasteiger partial charge in [-0.3, -0.25) is 4.79 Å². The van der Waals surface area contributed by atoms with E-state index in [-0.39, 0.29) is 35.9 Å². The first-order chi connectivity index (χ1) is 14.0. The number of aromatic carboxylic acids is 1. The molecule has 0 aliphatic heterocycles. The van der Waals surface area contributed by atoms with Crippen LogP contribution in [0.1, 0.15) is 28.8 Å². The van der Waals surface area contributed by atoms with E-state index in [0.717, 1.165) is 5.56 Å². The number of benzene rings is 2. The van der Waals surface area contributed by atoms with Gasteiger partial charge in [-0.15, -0.1) is 5.11 Å². The van der Waals surface area contributed by atoms with E-state index in [2.05, 4.69) is 25.6 Å². The van der Waals surface area contributed by atoms with Crippen molar-refractivity contribution < 1.29 is 19.8 Å². The zero-order valence-electron chi connectivity index (χ0n) is 15.5. The molecule has 0 atom stereocenters. The highest BCUT2D eigenvalue weighted by Crippen LogP contribution is 2.29. The van der Waals surface area contributed by atoms with Gasteiger partial charge in [0.1, 0.15) is 11.4 Å². The van der Waals surface area contributed by atoms with E-state index in [1.54, 1.807) is 18.2 Å². The van der Waals surface area contributed by atoms with E-state index in [1.807, 2.05) is 0 Å². The van der Waals surface area contributed by atoms with E-state index in [9.17, 15) is 14.7 Å². The van der Waals surface area contributed by atoms with Crippen LogP contribution in [0.15, 0.2) is 57.8 Å². The van der Waals surface area contributed by atoms with Crippen LogP contribution in [-0.4, -0.2) is 35.2 Å². The number of hydrogen-bond acceptors (Lipinski definition) is 6. The topological polar surface area (TPSA) is 160 Å². The normalized spacial score (nSPS) is 10.5. The van der Waals surface area contributed by atoms with Crippen molar-refractivity contribution in [2.75, 3.05) is 13.1 Å². The van der Waals surface area contributed by atoms with Crippen molar-refractivity contribution in [1.82, 2.24) is 5.32 Å². The monoisotopic (exact) mass is 396 g/mol. The van der Waals surface area contributed by atoms with Crippen molar-refractivity contribution in [3.8, 4) is 5.75 Å². The Kier molecular flexibility index (Phi) is 8.15. The maximum atomic E-state index is 11.6. The zero-order chi connectivity index (χ0) is 21.1. The van der Waals surface area contributed by atoms with Crippen molar-refractivity contribution in [3.63, 3.8) is 0 Å². The molecule has 0 spiro atoms. The number of carboxylic acids is 1. The third kappa shape index (κ3) is 7.31. The first-order valence-corrected chi connectivity index (χ1v) is 8.84. The summed E-state index contributed by atoms with van der Waals surface area (Å²) in [5, 5.41) is 33.1. The molecular weight excluding hydrogens is 376 g/mol. The highest BCUT2D eigenvalue weighted by atomic mass is 16.4. The van der Waals surface area contributed by atoms with Gasteiger partial charge in [-0.1, -0.05) is 11.2 Å². The zero-order valence-corrected chi connectivity index (χ0v) is 15.5. The molecule has 3 N–H and O–H groups in total. The Balaban J connectivity index is 1.85. The number of azide groups is 1. The Morgan fingerprint density at radius 2 is 1.86 bits per heavy atom. The summed E-state index contributed by atoms with van der Waals surface area (Å²) < 4.78 is 0.